The maximum absolute atomic E-state index is 11.6. The molecule has 0 amide bonds. The minimum atomic E-state index is -0.0156. The van der Waals surface area contributed by atoms with Gasteiger partial charge in [-0.1, -0.05) is 6.92 Å². The first-order chi connectivity index (χ1) is 6.63. The number of carbonyl (C=O) groups excluding carboxylic acids is 1. The third kappa shape index (κ3) is 3.29. The van der Waals surface area contributed by atoms with E-state index < -0.39 is 0 Å². The second-order valence-electron chi connectivity index (χ2n) is 4.22. The van der Waals surface area contributed by atoms with Crippen molar-refractivity contribution in [3.05, 3.63) is 0 Å². The van der Waals surface area contributed by atoms with E-state index in [0.717, 1.165) is 32.5 Å². The summed E-state index contributed by atoms with van der Waals surface area (Å²) in [6.45, 7) is 8.97. The van der Waals surface area contributed by atoms with Gasteiger partial charge in [0.1, 0.15) is 0 Å². The quantitative estimate of drug-likeness (QED) is 0.648. The molecule has 1 rings (SSSR count). The van der Waals surface area contributed by atoms with E-state index in [0.29, 0.717) is 0 Å². The minimum absolute atomic E-state index is 0.0134. The number of hydrogen-bond donors (Lipinski definition) is 0. The summed E-state index contributed by atoms with van der Waals surface area (Å²) in [5.74, 6) is 0.0873. The molecule has 14 heavy (non-hydrogen) atoms. The van der Waals surface area contributed by atoms with Gasteiger partial charge in [-0.2, -0.15) is 0 Å². The highest BCUT2D eigenvalue weighted by atomic mass is 16.5. The van der Waals surface area contributed by atoms with Gasteiger partial charge in [-0.15, -0.1) is 0 Å². The fourth-order valence-corrected chi connectivity index (χ4v) is 1.86. The van der Waals surface area contributed by atoms with Gasteiger partial charge in [0.2, 0.25) is 0 Å². The van der Waals surface area contributed by atoms with Crippen LogP contribution < -0.4 is 0 Å². The molecule has 0 spiro atoms. The lowest BCUT2D eigenvalue weighted by molar-refractivity contribution is -0.154. The van der Waals surface area contributed by atoms with Gasteiger partial charge in [-0.25, -0.2) is 0 Å². The van der Waals surface area contributed by atoms with E-state index in [1.165, 1.54) is 0 Å². The van der Waals surface area contributed by atoms with Crippen LogP contribution in [0, 0.1) is 5.92 Å². The van der Waals surface area contributed by atoms with Gasteiger partial charge in [0.25, 0.3) is 0 Å². The van der Waals surface area contributed by atoms with Crippen molar-refractivity contribution in [2.24, 2.45) is 5.92 Å². The molecule has 0 saturated carbocycles. The molecule has 0 aromatic carbocycles. The Morgan fingerprint density at radius 3 is 2.86 bits per heavy atom. The Labute approximate surface area is 86.4 Å². The molecule has 1 atom stereocenters. The van der Waals surface area contributed by atoms with Gasteiger partial charge in [-0.3, -0.25) is 4.79 Å². The zero-order valence-electron chi connectivity index (χ0n) is 9.45. The summed E-state index contributed by atoms with van der Waals surface area (Å²) in [6.07, 6.45) is 2.12. The first-order valence-electron chi connectivity index (χ1n) is 5.56. The fraction of sp³-hybridized carbons (Fsp3) is 0.909. The van der Waals surface area contributed by atoms with Crippen molar-refractivity contribution in [2.45, 2.75) is 39.7 Å². The summed E-state index contributed by atoms with van der Waals surface area (Å²) < 4.78 is 5.22. The Kier molecular flexibility index (Phi) is 4.39. The number of ether oxygens (including phenoxy) is 1. The van der Waals surface area contributed by atoms with Crippen LogP contribution in [0.25, 0.3) is 0 Å². The molecule has 0 aromatic heterocycles. The number of piperidine rings is 1. The predicted octanol–water partition coefficient (Wildman–Crippen LogP) is 1.67. The lowest BCUT2D eigenvalue weighted by atomic mass is 9.98. The summed E-state index contributed by atoms with van der Waals surface area (Å²) in [7, 11) is 0. The third-order valence-electron chi connectivity index (χ3n) is 2.64. The summed E-state index contributed by atoms with van der Waals surface area (Å²) >= 11 is 0. The first-order valence-corrected chi connectivity index (χ1v) is 5.56. The largest absolute Gasteiger partial charge is 0.463 e. The number of likely N-dealkylation sites (tertiary alicyclic amines) is 1. The zero-order chi connectivity index (χ0) is 10.6. The number of carbonyl (C=O) groups is 1. The van der Waals surface area contributed by atoms with Crippen LogP contribution in [0.3, 0.4) is 0 Å². The zero-order valence-corrected chi connectivity index (χ0v) is 9.45. The van der Waals surface area contributed by atoms with Crippen molar-refractivity contribution in [3.63, 3.8) is 0 Å². The van der Waals surface area contributed by atoms with Crippen LogP contribution in [0.2, 0.25) is 0 Å². The molecule has 0 bridgehead atoms. The van der Waals surface area contributed by atoms with Crippen molar-refractivity contribution in [1.29, 1.82) is 0 Å². The molecule has 0 aliphatic carbocycles. The smallest absolute Gasteiger partial charge is 0.310 e. The molecule has 1 fully saturated rings. The van der Waals surface area contributed by atoms with E-state index >= 15 is 0 Å². The normalized spacial score (nSPS) is 23.9. The molecule has 1 aliphatic heterocycles. The predicted molar refractivity (Wildman–Crippen MR) is 56.1 cm³/mol. The van der Waals surface area contributed by atoms with Crippen molar-refractivity contribution < 1.29 is 9.53 Å². The summed E-state index contributed by atoms with van der Waals surface area (Å²) in [6, 6.07) is 0. The van der Waals surface area contributed by atoms with Crippen LogP contribution in [-0.4, -0.2) is 36.6 Å². The van der Waals surface area contributed by atoms with Crippen molar-refractivity contribution in [1.82, 2.24) is 4.90 Å². The molecule has 3 heteroatoms. The van der Waals surface area contributed by atoms with Crippen LogP contribution in [0.1, 0.15) is 33.6 Å². The van der Waals surface area contributed by atoms with E-state index in [-0.39, 0.29) is 18.0 Å². The van der Waals surface area contributed by atoms with E-state index in [1.54, 1.807) is 0 Å². The van der Waals surface area contributed by atoms with Gasteiger partial charge in [0, 0.05) is 6.54 Å². The highest BCUT2D eigenvalue weighted by Gasteiger charge is 2.26. The second kappa shape index (κ2) is 5.35. The van der Waals surface area contributed by atoms with Gasteiger partial charge >= 0.3 is 5.97 Å². The van der Waals surface area contributed by atoms with E-state index in [1.807, 2.05) is 13.8 Å². The Hall–Kier alpha value is -0.570. The average Bonchev–Trinajstić information content (AvgIpc) is 2.17. The molecule has 1 saturated heterocycles. The lowest BCUT2D eigenvalue weighted by Crippen LogP contribution is -2.39. The number of nitrogens with zero attached hydrogens (tertiary/aromatic N) is 1. The van der Waals surface area contributed by atoms with E-state index in [9.17, 15) is 4.79 Å². The molecule has 1 heterocycles. The summed E-state index contributed by atoms with van der Waals surface area (Å²) in [5.41, 5.74) is 0. The Balaban J connectivity index is 2.39. The van der Waals surface area contributed by atoms with Crippen molar-refractivity contribution in [3.8, 4) is 0 Å². The first kappa shape index (κ1) is 11.5. The Bertz CT molecular complexity index is 192. The van der Waals surface area contributed by atoms with Gasteiger partial charge in [0.15, 0.2) is 0 Å². The molecule has 3 nitrogen and oxygen atoms in total. The molecular formula is C11H21NO2. The van der Waals surface area contributed by atoms with E-state index in [4.69, 9.17) is 4.74 Å². The summed E-state index contributed by atoms with van der Waals surface area (Å²) in [4.78, 5) is 13.9. The average molecular weight is 199 g/mol. The van der Waals surface area contributed by atoms with Gasteiger partial charge < -0.3 is 9.64 Å². The highest BCUT2D eigenvalue weighted by Crippen LogP contribution is 2.17. The number of rotatable bonds is 3. The van der Waals surface area contributed by atoms with E-state index in [2.05, 4.69) is 11.8 Å². The molecule has 0 radical (unpaired) electrons. The Morgan fingerprint density at radius 1 is 1.57 bits per heavy atom. The van der Waals surface area contributed by atoms with Crippen LogP contribution in [-0.2, 0) is 9.53 Å². The SMILES string of the molecule is CCN1CCC[C@@H](C(=O)OC(C)C)C1. The monoisotopic (exact) mass is 199 g/mol. The minimum Gasteiger partial charge on any atom is -0.463 e. The van der Waals surface area contributed by atoms with Gasteiger partial charge in [-0.05, 0) is 39.8 Å². The van der Waals surface area contributed by atoms with Crippen LogP contribution in [0.4, 0.5) is 0 Å². The highest BCUT2D eigenvalue weighted by molar-refractivity contribution is 5.73. The van der Waals surface area contributed by atoms with Crippen molar-refractivity contribution in [2.75, 3.05) is 19.6 Å². The molecule has 0 unspecified atom stereocenters. The molecular weight excluding hydrogens is 178 g/mol. The fourth-order valence-electron chi connectivity index (χ4n) is 1.86. The van der Waals surface area contributed by atoms with Gasteiger partial charge in [0.05, 0.1) is 12.0 Å². The van der Waals surface area contributed by atoms with Crippen LogP contribution >= 0.6 is 0 Å². The molecule has 1 aliphatic rings. The van der Waals surface area contributed by atoms with Crippen LogP contribution in [0.5, 0.6) is 0 Å². The maximum atomic E-state index is 11.6. The lowest BCUT2D eigenvalue weighted by Gasteiger charge is -2.30. The van der Waals surface area contributed by atoms with Crippen molar-refractivity contribution >= 4 is 5.97 Å². The number of hydrogen-bond acceptors (Lipinski definition) is 3. The second-order valence-corrected chi connectivity index (χ2v) is 4.22. The third-order valence-corrected chi connectivity index (χ3v) is 2.64. The molecule has 0 N–H and O–H groups in total. The standard InChI is InChI=1S/C11H21NO2/c1-4-12-7-5-6-10(8-12)11(13)14-9(2)3/h9-10H,4-8H2,1-3H3/t10-/m1/s1. The topological polar surface area (TPSA) is 29.5 Å². The number of esters is 1. The maximum Gasteiger partial charge on any atom is 0.310 e. The Morgan fingerprint density at radius 2 is 2.29 bits per heavy atom. The summed E-state index contributed by atoms with van der Waals surface area (Å²) in [5, 5.41) is 0. The molecule has 82 valence electrons. The molecule has 0 aromatic rings. The van der Waals surface area contributed by atoms with Crippen LogP contribution in [0.15, 0.2) is 0 Å².